The molecule has 0 unspecified atom stereocenters. The van der Waals surface area contributed by atoms with E-state index < -0.39 is 0 Å². The zero-order valence-electron chi connectivity index (χ0n) is 17.0. The fraction of sp³-hybridized carbons (Fsp3) is 0.360. The highest BCUT2D eigenvalue weighted by Gasteiger charge is 2.37. The third-order valence-electron chi connectivity index (χ3n) is 5.66. The summed E-state index contributed by atoms with van der Waals surface area (Å²) in [6.45, 7) is 7.55. The van der Waals surface area contributed by atoms with Gasteiger partial charge in [0.25, 0.3) is 0 Å². The number of carbonyl (C=O) groups excluding carboxylic acids is 1. The second-order valence-corrected chi connectivity index (χ2v) is 8.64. The van der Waals surface area contributed by atoms with Gasteiger partial charge in [-0.2, -0.15) is 0 Å². The van der Waals surface area contributed by atoms with Crippen LogP contribution in [0.15, 0.2) is 54.9 Å². The van der Waals surface area contributed by atoms with Crippen LogP contribution in [0.1, 0.15) is 60.8 Å². The number of Topliss-reactive ketones (excluding diaryl/α,β-unsaturated/α-hetero) is 1. The van der Waals surface area contributed by atoms with Crippen molar-refractivity contribution in [3.05, 3.63) is 77.2 Å². The number of rotatable bonds is 5. The van der Waals surface area contributed by atoms with Crippen molar-refractivity contribution in [2.75, 3.05) is 0 Å². The SMILES string of the molecule is CCCn1c2c(c(Cc3ccccc3)c1-c1ccncc1)C(=O)CC(C)(C)C2. The number of aromatic nitrogens is 2. The molecule has 144 valence electrons. The molecule has 2 aromatic heterocycles. The number of pyridine rings is 1. The zero-order chi connectivity index (χ0) is 19.7. The van der Waals surface area contributed by atoms with Gasteiger partial charge in [0.05, 0.1) is 5.69 Å². The van der Waals surface area contributed by atoms with Crippen LogP contribution in [0.3, 0.4) is 0 Å². The minimum Gasteiger partial charge on any atom is -0.344 e. The summed E-state index contributed by atoms with van der Waals surface area (Å²) >= 11 is 0. The summed E-state index contributed by atoms with van der Waals surface area (Å²) in [4.78, 5) is 17.5. The van der Waals surface area contributed by atoms with Crippen molar-refractivity contribution in [3.63, 3.8) is 0 Å². The molecule has 1 aliphatic carbocycles. The fourth-order valence-electron chi connectivity index (χ4n) is 4.56. The molecule has 0 saturated carbocycles. The van der Waals surface area contributed by atoms with Gasteiger partial charge in [0.1, 0.15) is 0 Å². The molecule has 0 aliphatic heterocycles. The molecule has 0 saturated heterocycles. The summed E-state index contributed by atoms with van der Waals surface area (Å²) in [5.74, 6) is 0.294. The Bertz CT molecular complexity index is 984. The monoisotopic (exact) mass is 372 g/mol. The van der Waals surface area contributed by atoms with Gasteiger partial charge in [-0.25, -0.2) is 0 Å². The Hall–Kier alpha value is -2.68. The summed E-state index contributed by atoms with van der Waals surface area (Å²) < 4.78 is 2.42. The Morgan fingerprint density at radius 3 is 2.43 bits per heavy atom. The van der Waals surface area contributed by atoms with Crippen LogP contribution in [0.5, 0.6) is 0 Å². The van der Waals surface area contributed by atoms with Gasteiger partial charge < -0.3 is 4.57 Å². The zero-order valence-corrected chi connectivity index (χ0v) is 17.0. The Morgan fingerprint density at radius 1 is 1.04 bits per heavy atom. The molecule has 2 heterocycles. The van der Waals surface area contributed by atoms with E-state index in [1.807, 2.05) is 18.5 Å². The average molecular weight is 373 g/mol. The van der Waals surface area contributed by atoms with Crippen molar-refractivity contribution in [1.29, 1.82) is 0 Å². The molecule has 3 nitrogen and oxygen atoms in total. The number of fused-ring (bicyclic) bond motifs is 1. The highest BCUT2D eigenvalue weighted by Crippen LogP contribution is 2.42. The molecule has 0 fully saturated rings. The van der Waals surface area contributed by atoms with Crippen molar-refractivity contribution < 1.29 is 4.79 Å². The van der Waals surface area contributed by atoms with Crippen LogP contribution in [0.2, 0.25) is 0 Å². The normalized spacial score (nSPS) is 15.5. The molecule has 28 heavy (non-hydrogen) atoms. The van der Waals surface area contributed by atoms with Crippen molar-refractivity contribution in [2.45, 2.75) is 53.0 Å². The van der Waals surface area contributed by atoms with Crippen LogP contribution < -0.4 is 0 Å². The third-order valence-corrected chi connectivity index (χ3v) is 5.66. The van der Waals surface area contributed by atoms with Crippen LogP contribution >= 0.6 is 0 Å². The summed E-state index contributed by atoms with van der Waals surface area (Å²) in [5, 5.41) is 0. The maximum absolute atomic E-state index is 13.3. The lowest BCUT2D eigenvalue weighted by Gasteiger charge is -2.30. The molecule has 0 bridgehead atoms. The van der Waals surface area contributed by atoms with Gasteiger partial charge in [0, 0.05) is 48.6 Å². The van der Waals surface area contributed by atoms with E-state index in [9.17, 15) is 4.79 Å². The Morgan fingerprint density at radius 2 is 1.75 bits per heavy atom. The Balaban J connectivity index is 1.98. The van der Waals surface area contributed by atoms with Crippen LogP contribution in [-0.4, -0.2) is 15.3 Å². The molecule has 1 aliphatic rings. The predicted molar refractivity (Wildman–Crippen MR) is 114 cm³/mol. The maximum atomic E-state index is 13.3. The van der Waals surface area contributed by atoms with E-state index in [2.05, 4.69) is 66.7 Å². The second-order valence-electron chi connectivity index (χ2n) is 8.64. The van der Waals surface area contributed by atoms with Crippen LogP contribution in [0.25, 0.3) is 11.3 Å². The van der Waals surface area contributed by atoms with E-state index in [1.165, 1.54) is 22.5 Å². The van der Waals surface area contributed by atoms with Crippen molar-refractivity contribution in [1.82, 2.24) is 9.55 Å². The summed E-state index contributed by atoms with van der Waals surface area (Å²) in [7, 11) is 0. The van der Waals surface area contributed by atoms with Crippen LogP contribution in [0.4, 0.5) is 0 Å². The summed E-state index contributed by atoms with van der Waals surface area (Å²) in [5.41, 5.74) is 6.98. The number of ketones is 1. The average Bonchev–Trinajstić information content (AvgIpc) is 2.96. The van der Waals surface area contributed by atoms with Gasteiger partial charge in [0.2, 0.25) is 0 Å². The molecule has 0 spiro atoms. The lowest BCUT2D eigenvalue weighted by atomic mass is 9.75. The minimum atomic E-state index is 0.00740. The number of nitrogens with zero attached hydrogens (tertiary/aromatic N) is 2. The maximum Gasteiger partial charge on any atom is 0.165 e. The van der Waals surface area contributed by atoms with Crippen LogP contribution in [-0.2, 0) is 19.4 Å². The van der Waals surface area contributed by atoms with E-state index in [1.54, 1.807) is 0 Å². The third kappa shape index (κ3) is 3.42. The first kappa shape index (κ1) is 18.7. The fourth-order valence-corrected chi connectivity index (χ4v) is 4.56. The van der Waals surface area contributed by atoms with Gasteiger partial charge >= 0.3 is 0 Å². The number of hydrogen-bond acceptors (Lipinski definition) is 2. The predicted octanol–water partition coefficient (Wildman–Crippen LogP) is 5.71. The van der Waals surface area contributed by atoms with E-state index in [-0.39, 0.29) is 5.41 Å². The smallest absolute Gasteiger partial charge is 0.165 e. The molecular formula is C25H28N2O. The first-order chi connectivity index (χ1) is 13.5. The van der Waals surface area contributed by atoms with Gasteiger partial charge in [-0.15, -0.1) is 0 Å². The molecule has 3 aromatic rings. The molecule has 0 N–H and O–H groups in total. The van der Waals surface area contributed by atoms with Crippen molar-refractivity contribution in [3.8, 4) is 11.3 Å². The lowest BCUT2D eigenvalue weighted by molar-refractivity contribution is 0.0909. The molecule has 0 atom stereocenters. The van der Waals surface area contributed by atoms with Gasteiger partial charge in [0.15, 0.2) is 5.78 Å². The Labute approximate surface area is 167 Å². The van der Waals surface area contributed by atoms with Gasteiger partial charge in [-0.1, -0.05) is 51.1 Å². The van der Waals surface area contributed by atoms with Crippen LogP contribution in [0, 0.1) is 5.41 Å². The Kier molecular flexibility index (Phi) is 4.92. The molecule has 0 radical (unpaired) electrons. The van der Waals surface area contributed by atoms with Crippen molar-refractivity contribution in [2.24, 2.45) is 5.41 Å². The molecule has 0 amide bonds. The highest BCUT2D eigenvalue weighted by atomic mass is 16.1. The molecular weight excluding hydrogens is 344 g/mol. The van der Waals surface area contributed by atoms with Gasteiger partial charge in [-0.05, 0) is 41.5 Å². The number of hydrogen-bond donors (Lipinski definition) is 0. The molecule has 4 rings (SSSR count). The highest BCUT2D eigenvalue weighted by molar-refractivity contribution is 6.02. The second kappa shape index (κ2) is 7.38. The minimum absolute atomic E-state index is 0.00740. The van der Waals surface area contributed by atoms with E-state index in [4.69, 9.17) is 0 Å². The molecule has 3 heteroatoms. The van der Waals surface area contributed by atoms with E-state index in [0.29, 0.717) is 12.2 Å². The lowest BCUT2D eigenvalue weighted by Crippen LogP contribution is -2.28. The molecule has 1 aromatic carbocycles. The summed E-state index contributed by atoms with van der Waals surface area (Å²) in [6, 6.07) is 14.6. The largest absolute Gasteiger partial charge is 0.344 e. The number of benzene rings is 1. The van der Waals surface area contributed by atoms with Crippen molar-refractivity contribution >= 4 is 5.78 Å². The quantitative estimate of drug-likeness (QED) is 0.575. The summed E-state index contributed by atoms with van der Waals surface area (Å²) in [6.07, 6.45) is 7.07. The topological polar surface area (TPSA) is 34.9 Å². The first-order valence-corrected chi connectivity index (χ1v) is 10.2. The van der Waals surface area contributed by atoms with E-state index >= 15 is 0 Å². The first-order valence-electron chi connectivity index (χ1n) is 10.2. The number of carbonyl (C=O) groups is 1. The van der Waals surface area contributed by atoms with E-state index in [0.717, 1.165) is 36.9 Å². The van der Waals surface area contributed by atoms with Gasteiger partial charge in [-0.3, -0.25) is 9.78 Å². The standard InChI is InChI=1S/C25H28N2O/c1-4-14-27-21-16-25(2,3)17-22(28)23(21)20(15-18-8-6-5-7-9-18)24(27)19-10-12-26-13-11-19/h5-13H,4,14-17H2,1-3H3.